The number of amides is 2. The molecule has 0 fully saturated rings. The molecule has 5 nitrogen and oxygen atoms in total. The summed E-state index contributed by atoms with van der Waals surface area (Å²) in [5.41, 5.74) is 6.02. The van der Waals surface area contributed by atoms with E-state index in [-0.39, 0.29) is 29.4 Å². The third-order valence-corrected chi connectivity index (χ3v) is 3.57. The van der Waals surface area contributed by atoms with Gasteiger partial charge in [0.15, 0.2) is 5.82 Å². The third-order valence-electron chi connectivity index (χ3n) is 3.57. The number of ether oxygens (including phenoxy) is 1. The van der Waals surface area contributed by atoms with E-state index in [1.54, 1.807) is 30.3 Å². The predicted molar refractivity (Wildman–Crippen MR) is 93.6 cm³/mol. The highest BCUT2D eigenvalue weighted by molar-refractivity contribution is 5.89. The molecule has 0 aliphatic heterocycles. The monoisotopic (exact) mass is 355 g/mol. The highest BCUT2D eigenvalue weighted by Crippen LogP contribution is 2.32. The van der Waals surface area contributed by atoms with Crippen molar-refractivity contribution in [2.45, 2.75) is 6.61 Å². The second kappa shape index (κ2) is 7.60. The molecule has 1 heterocycles. The predicted octanol–water partition coefficient (Wildman–Crippen LogP) is 4.10. The standard InChI is InChI=1S/C19H15F2N3O2/c20-13-5-1-4-12(10-13)11-26-16-8-3-9-23-18(16)14-6-2-7-15(17(14)21)24-19(22)25/h1-10H,11H2,(H3,22,24,25). The van der Waals surface area contributed by atoms with Crippen LogP contribution in [0.2, 0.25) is 0 Å². The van der Waals surface area contributed by atoms with Gasteiger partial charge >= 0.3 is 6.03 Å². The van der Waals surface area contributed by atoms with Gasteiger partial charge in [-0.05, 0) is 42.0 Å². The van der Waals surface area contributed by atoms with E-state index in [2.05, 4.69) is 10.3 Å². The third kappa shape index (κ3) is 3.94. The molecule has 0 saturated heterocycles. The highest BCUT2D eigenvalue weighted by Gasteiger charge is 2.16. The van der Waals surface area contributed by atoms with Crippen molar-refractivity contribution in [1.29, 1.82) is 0 Å². The molecule has 7 heteroatoms. The molecule has 0 radical (unpaired) electrons. The van der Waals surface area contributed by atoms with Crippen molar-refractivity contribution in [3.05, 3.63) is 78.0 Å². The number of carbonyl (C=O) groups excluding carboxylic acids is 1. The first-order chi connectivity index (χ1) is 12.5. The summed E-state index contributed by atoms with van der Waals surface area (Å²) in [5.74, 6) is -0.721. The van der Waals surface area contributed by atoms with Crippen LogP contribution < -0.4 is 15.8 Å². The Hall–Kier alpha value is -3.48. The van der Waals surface area contributed by atoms with E-state index in [0.717, 1.165) is 0 Å². The van der Waals surface area contributed by atoms with Crippen molar-refractivity contribution in [2.24, 2.45) is 5.73 Å². The number of hydrogen-bond acceptors (Lipinski definition) is 3. The summed E-state index contributed by atoms with van der Waals surface area (Å²) >= 11 is 0. The van der Waals surface area contributed by atoms with Crippen LogP contribution in [0.15, 0.2) is 60.8 Å². The lowest BCUT2D eigenvalue weighted by molar-refractivity contribution is 0.259. The Morgan fingerprint density at radius 3 is 2.69 bits per heavy atom. The maximum Gasteiger partial charge on any atom is 0.316 e. The van der Waals surface area contributed by atoms with Gasteiger partial charge in [0.2, 0.25) is 0 Å². The molecule has 0 aliphatic rings. The minimum absolute atomic E-state index is 0.0586. The average Bonchev–Trinajstić information content (AvgIpc) is 2.62. The first kappa shape index (κ1) is 17.3. The van der Waals surface area contributed by atoms with Crippen LogP contribution in [0.25, 0.3) is 11.3 Å². The lowest BCUT2D eigenvalue weighted by Gasteiger charge is -2.13. The van der Waals surface area contributed by atoms with Gasteiger partial charge in [0.1, 0.15) is 23.9 Å². The van der Waals surface area contributed by atoms with Gasteiger partial charge in [-0.25, -0.2) is 13.6 Å². The molecule has 2 amide bonds. The number of primary amides is 1. The summed E-state index contributed by atoms with van der Waals surface area (Å²) < 4.78 is 33.7. The Kier molecular flexibility index (Phi) is 5.07. The molecule has 1 aromatic heterocycles. The lowest BCUT2D eigenvalue weighted by atomic mass is 10.1. The van der Waals surface area contributed by atoms with E-state index in [0.29, 0.717) is 11.3 Å². The van der Waals surface area contributed by atoms with Crippen LogP contribution >= 0.6 is 0 Å². The smallest absolute Gasteiger partial charge is 0.316 e. The molecular weight excluding hydrogens is 340 g/mol. The minimum Gasteiger partial charge on any atom is -0.487 e. The molecule has 3 N–H and O–H groups in total. The fraction of sp³-hybridized carbons (Fsp3) is 0.0526. The summed E-state index contributed by atoms with van der Waals surface area (Å²) in [6.07, 6.45) is 1.50. The molecule has 3 aromatic rings. The van der Waals surface area contributed by atoms with Crippen LogP contribution in [0.5, 0.6) is 5.75 Å². The number of hydrogen-bond donors (Lipinski definition) is 2. The Morgan fingerprint density at radius 2 is 1.92 bits per heavy atom. The quantitative estimate of drug-likeness (QED) is 0.723. The van der Waals surface area contributed by atoms with E-state index in [1.807, 2.05) is 0 Å². The zero-order valence-electron chi connectivity index (χ0n) is 13.6. The van der Waals surface area contributed by atoms with Gasteiger partial charge in [0, 0.05) is 11.8 Å². The first-order valence-electron chi connectivity index (χ1n) is 7.72. The van der Waals surface area contributed by atoms with Crippen LogP contribution in [0.4, 0.5) is 19.3 Å². The largest absolute Gasteiger partial charge is 0.487 e. The van der Waals surface area contributed by atoms with Gasteiger partial charge < -0.3 is 15.8 Å². The second-order valence-electron chi connectivity index (χ2n) is 5.43. The van der Waals surface area contributed by atoms with Crippen molar-refractivity contribution < 1.29 is 18.3 Å². The lowest BCUT2D eigenvalue weighted by Crippen LogP contribution is -2.20. The van der Waals surface area contributed by atoms with E-state index >= 15 is 0 Å². The molecule has 2 aromatic carbocycles. The van der Waals surface area contributed by atoms with Crippen molar-refractivity contribution in [1.82, 2.24) is 4.98 Å². The molecule has 0 saturated carbocycles. The van der Waals surface area contributed by atoms with Gasteiger partial charge in [0.05, 0.1) is 5.69 Å². The number of nitrogens with zero attached hydrogens (tertiary/aromatic N) is 1. The van der Waals surface area contributed by atoms with Crippen LogP contribution in [0.1, 0.15) is 5.56 Å². The number of aromatic nitrogens is 1. The van der Waals surface area contributed by atoms with E-state index in [4.69, 9.17) is 10.5 Å². The SMILES string of the molecule is NC(=O)Nc1cccc(-c2ncccc2OCc2cccc(F)c2)c1F. The summed E-state index contributed by atoms with van der Waals surface area (Å²) in [4.78, 5) is 15.2. The Labute approximate surface area is 148 Å². The molecule has 26 heavy (non-hydrogen) atoms. The maximum absolute atomic E-state index is 14.7. The topological polar surface area (TPSA) is 77.2 Å². The Bertz CT molecular complexity index is 948. The maximum atomic E-state index is 14.7. The molecular formula is C19H15F2N3O2. The van der Waals surface area contributed by atoms with Crippen LogP contribution in [-0.4, -0.2) is 11.0 Å². The molecule has 3 rings (SSSR count). The fourth-order valence-electron chi connectivity index (χ4n) is 2.44. The number of nitrogens with two attached hydrogens (primary N) is 1. The number of pyridine rings is 1. The Balaban J connectivity index is 1.91. The van der Waals surface area contributed by atoms with Crippen molar-refractivity contribution in [3.63, 3.8) is 0 Å². The second-order valence-corrected chi connectivity index (χ2v) is 5.43. The van der Waals surface area contributed by atoms with Crippen LogP contribution in [0, 0.1) is 11.6 Å². The van der Waals surface area contributed by atoms with E-state index < -0.39 is 11.8 Å². The van der Waals surface area contributed by atoms with Gasteiger partial charge in [-0.1, -0.05) is 18.2 Å². The van der Waals surface area contributed by atoms with E-state index in [9.17, 15) is 13.6 Å². The molecule has 0 aliphatic carbocycles. The zero-order chi connectivity index (χ0) is 18.5. The number of carbonyl (C=O) groups is 1. The van der Waals surface area contributed by atoms with E-state index in [1.165, 1.54) is 30.5 Å². The first-order valence-corrected chi connectivity index (χ1v) is 7.72. The summed E-state index contributed by atoms with van der Waals surface area (Å²) in [6.45, 7) is 0.0945. The number of nitrogens with one attached hydrogen (secondary N) is 1. The summed E-state index contributed by atoms with van der Waals surface area (Å²) in [5, 5.41) is 2.22. The molecule has 0 spiro atoms. The highest BCUT2D eigenvalue weighted by atomic mass is 19.1. The van der Waals surface area contributed by atoms with Crippen molar-refractivity contribution in [3.8, 4) is 17.0 Å². The molecule has 132 valence electrons. The normalized spacial score (nSPS) is 10.4. The number of rotatable bonds is 5. The zero-order valence-corrected chi connectivity index (χ0v) is 13.6. The fourth-order valence-corrected chi connectivity index (χ4v) is 2.44. The van der Waals surface area contributed by atoms with Gasteiger partial charge in [-0.15, -0.1) is 0 Å². The summed E-state index contributed by atoms with van der Waals surface area (Å²) in [6, 6.07) is 12.9. The number of urea groups is 1. The summed E-state index contributed by atoms with van der Waals surface area (Å²) in [7, 11) is 0. The van der Waals surface area contributed by atoms with Gasteiger partial charge in [0.25, 0.3) is 0 Å². The average molecular weight is 355 g/mol. The van der Waals surface area contributed by atoms with Crippen molar-refractivity contribution >= 4 is 11.7 Å². The van der Waals surface area contributed by atoms with Crippen LogP contribution in [-0.2, 0) is 6.61 Å². The molecule has 0 bridgehead atoms. The molecule has 0 unspecified atom stereocenters. The van der Waals surface area contributed by atoms with Crippen LogP contribution in [0.3, 0.4) is 0 Å². The Morgan fingerprint density at radius 1 is 1.12 bits per heavy atom. The number of benzene rings is 2. The van der Waals surface area contributed by atoms with Crippen molar-refractivity contribution in [2.75, 3.05) is 5.32 Å². The van der Waals surface area contributed by atoms with Gasteiger partial charge in [-0.2, -0.15) is 0 Å². The van der Waals surface area contributed by atoms with Gasteiger partial charge in [-0.3, -0.25) is 4.98 Å². The minimum atomic E-state index is -0.871. The molecule has 0 atom stereocenters. The number of halogens is 2. The number of anilines is 1.